The predicted molar refractivity (Wildman–Crippen MR) is 121 cm³/mol. The fourth-order valence-corrected chi connectivity index (χ4v) is 3.15. The maximum Gasteiger partial charge on any atom is 0.422 e. The first-order valence-corrected chi connectivity index (χ1v) is 9.87. The molecule has 10 heteroatoms. The van der Waals surface area contributed by atoms with Crippen LogP contribution in [-0.2, 0) is 11.3 Å². The zero-order chi connectivity index (χ0) is 21.3. The number of likely N-dealkylation sites (tertiary alicyclic amines) is 1. The van der Waals surface area contributed by atoms with Gasteiger partial charge in [-0.3, -0.25) is 0 Å². The van der Waals surface area contributed by atoms with Crippen molar-refractivity contribution >= 4 is 29.9 Å². The first-order chi connectivity index (χ1) is 13.9. The molecule has 1 aliphatic rings. The molecule has 1 saturated heterocycles. The largest absolute Gasteiger partial charge is 0.493 e. The van der Waals surface area contributed by atoms with Crippen molar-refractivity contribution in [1.82, 2.24) is 10.2 Å². The van der Waals surface area contributed by atoms with Gasteiger partial charge in [0, 0.05) is 26.2 Å². The van der Waals surface area contributed by atoms with Gasteiger partial charge < -0.3 is 24.4 Å². The number of ether oxygens (including phenoxy) is 3. The second-order valence-electron chi connectivity index (χ2n) is 6.70. The summed E-state index contributed by atoms with van der Waals surface area (Å²) >= 11 is 0. The van der Waals surface area contributed by atoms with Crippen LogP contribution in [0.2, 0.25) is 0 Å². The molecule has 1 aromatic rings. The third-order valence-electron chi connectivity index (χ3n) is 4.51. The Hall–Kier alpha value is -1.43. The molecule has 0 saturated carbocycles. The van der Waals surface area contributed by atoms with Crippen molar-refractivity contribution < 1.29 is 27.4 Å². The molecule has 1 N–H and O–H groups in total. The lowest BCUT2D eigenvalue weighted by molar-refractivity contribution is -0.153. The van der Waals surface area contributed by atoms with Gasteiger partial charge in [0.05, 0.1) is 19.8 Å². The van der Waals surface area contributed by atoms with Gasteiger partial charge in [-0.2, -0.15) is 13.2 Å². The molecular weight excluding hydrogens is 514 g/mol. The normalized spacial score (nSPS) is 15.5. The van der Waals surface area contributed by atoms with Crippen LogP contribution in [-0.4, -0.2) is 63.1 Å². The minimum Gasteiger partial charge on any atom is -0.493 e. The number of nitrogens with one attached hydrogen (secondary N) is 1. The summed E-state index contributed by atoms with van der Waals surface area (Å²) in [5, 5.41) is 3.30. The van der Waals surface area contributed by atoms with Crippen molar-refractivity contribution in [2.75, 3.05) is 40.0 Å². The maximum absolute atomic E-state index is 12.4. The van der Waals surface area contributed by atoms with E-state index in [-0.39, 0.29) is 35.5 Å². The molecule has 0 aromatic heterocycles. The molecule has 0 amide bonds. The second kappa shape index (κ2) is 13.1. The van der Waals surface area contributed by atoms with Gasteiger partial charge in [0.1, 0.15) is 0 Å². The average molecular weight is 545 g/mol. The molecule has 1 aliphatic heterocycles. The van der Waals surface area contributed by atoms with E-state index in [1.807, 2.05) is 13.8 Å². The quantitative estimate of drug-likeness (QED) is 0.301. The number of piperidine rings is 1. The van der Waals surface area contributed by atoms with E-state index in [2.05, 4.69) is 15.2 Å². The lowest BCUT2D eigenvalue weighted by atomic mass is 10.1. The molecule has 0 spiro atoms. The van der Waals surface area contributed by atoms with Gasteiger partial charge in [-0.05, 0) is 44.4 Å². The minimum absolute atomic E-state index is 0. The second-order valence-corrected chi connectivity index (χ2v) is 6.70. The molecule has 0 unspecified atom stereocenters. The number of guanidine groups is 1. The smallest absolute Gasteiger partial charge is 0.422 e. The van der Waals surface area contributed by atoms with Crippen LogP contribution in [0.3, 0.4) is 0 Å². The Morgan fingerprint density at radius 1 is 1.20 bits per heavy atom. The molecule has 0 atom stereocenters. The number of benzene rings is 1. The van der Waals surface area contributed by atoms with Crippen LogP contribution in [0.25, 0.3) is 0 Å². The molecule has 6 nitrogen and oxygen atoms in total. The van der Waals surface area contributed by atoms with E-state index in [1.54, 1.807) is 12.1 Å². The maximum atomic E-state index is 12.4. The fraction of sp³-hybridized carbons (Fsp3) is 0.650. The Kier molecular flexibility index (Phi) is 11.6. The first kappa shape index (κ1) is 26.6. The summed E-state index contributed by atoms with van der Waals surface area (Å²) in [7, 11) is 1.40. The van der Waals surface area contributed by atoms with Crippen LogP contribution in [0, 0.1) is 0 Å². The molecule has 1 aromatic carbocycles. The summed E-state index contributed by atoms with van der Waals surface area (Å²) < 4.78 is 52.8. The number of methoxy groups -OCH3 is 1. The summed E-state index contributed by atoms with van der Waals surface area (Å²) in [5.74, 6) is 1.13. The predicted octanol–water partition coefficient (Wildman–Crippen LogP) is 4.22. The molecule has 1 fully saturated rings. The van der Waals surface area contributed by atoms with Crippen molar-refractivity contribution in [3.05, 3.63) is 23.8 Å². The number of alkyl halides is 3. The lowest BCUT2D eigenvalue weighted by Gasteiger charge is -2.34. The molecule has 0 radical (unpaired) electrons. The highest BCUT2D eigenvalue weighted by Crippen LogP contribution is 2.30. The first-order valence-electron chi connectivity index (χ1n) is 9.87. The topological polar surface area (TPSA) is 55.3 Å². The van der Waals surface area contributed by atoms with Crippen molar-refractivity contribution in [2.45, 2.75) is 45.5 Å². The molecule has 1 heterocycles. The van der Waals surface area contributed by atoms with Gasteiger partial charge in [-0.15, -0.1) is 24.0 Å². The number of halogens is 4. The van der Waals surface area contributed by atoms with E-state index in [0.29, 0.717) is 12.6 Å². The molecule has 2 rings (SSSR count). The van der Waals surface area contributed by atoms with Gasteiger partial charge >= 0.3 is 6.18 Å². The van der Waals surface area contributed by atoms with E-state index in [4.69, 9.17) is 14.2 Å². The zero-order valence-corrected chi connectivity index (χ0v) is 20.0. The van der Waals surface area contributed by atoms with Crippen molar-refractivity contribution in [3.8, 4) is 11.5 Å². The van der Waals surface area contributed by atoms with Crippen LogP contribution < -0.4 is 14.8 Å². The van der Waals surface area contributed by atoms with Gasteiger partial charge in [0.2, 0.25) is 0 Å². The lowest BCUT2D eigenvalue weighted by Crippen LogP contribution is -2.47. The molecule has 30 heavy (non-hydrogen) atoms. The van der Waals surface area contributed by atoms with Gasteiger partial charge in [-0.25, -0.2) is 4.99 Å². The Morgan fingerprint density at radius 2 is 1.90 bits per heavy atom. The molecular formula is C20H31F3IN3O3. The summed E-state index contributed by atoms with van der Waals surface area (Å²) in [6.07, 6.45) is -2.19. The fourth-order valence-electron chi connectivity index (χ4n) is 3.15. The van der Waals surface area contributed by atoms with Crippen LogP contribution in [0.15, 0.2) is 23.2 Å². The van der Waals surface area contributed by atoms with E-state index in [9.17, 15) is 13.2 Å². The number of rotatable bonds is 8. The SMILES string of the molecule is CCNC(=NCc1ccc(OCC(F)(F)F)c(OC)c1)N1CCC(OCC)CC1.I. The Balaban J connectivity index is 0.00000450. The monoisotopic (exact) mass is 545 g/mol. The highest BCUT2D eigenvalue weighted by atomic mass is 127. The number of nitrogens with zero attached hydrogens (tertiary/aromatic N) is 2. The summed E-state index contributed by atoms with van der Waals surface area (Å²) in [6, 6.07) is 4.83. The molecule has 0 aliphatic carbocycles. The Morgan fingerprint density at radius 3 is 2.47 bits per heavy atom. The van der Waals surface area contributed by atoms with Crippen molar-refractivity contribution in [2.24, 2.45) is 4.99 Å². The van der Waals surface area contributed by atoms with Crippen LogP contribution >= 0.6 is 24.0 Å². The third kappa shape index (κ3) is 8.75. The van der Waals surface area contributed by atoms with Crippen molar-refractivity contribution in [1.29, 1.82) is 0 Å². The Labute approximate surface area is 193 Å². The van der Waals surface area contributed by atoms with Gasteiger partial charge in [-0.1, -0.05) is 6.07 Å². The number of hydrogen-bond acceptors (Lipinski definition) is 4. The minimum atomic E-state index is -4.40. The van der Waals surface area contributed by atoms with Gasteiger partial charge in [0.15, 0.2) is 24.1 Å². The van der Waals surface area contributed by atoms with Crippen LogP contribution in [0.4, 0.5) is 13.2 Å². The third-order valence-corrected chi connectivity index (χ3v) is 4.51. The van der Waals surface area contributed by atoms with Crippen LogP contribution in [0.1, 0.15) is 32.3 Å². The van der Waals surface area contributed by atoms with Gasteiger partial charge in [0.25, 0.3) is 0 Å². The standard InChI is InChI=1S/C20H30F3N3O3.HI/c1-4-24-19(26-10-8-16(9-11-26)28-5-2)25-13-15-6-7-17(18(12-15)27-3)29-14-20(21,22)23;/h6-7,12,16H,4-5,8-11,13-14H2,1-3H3,(H,24,25);1H. The van der Waals surface area contributed by atoms with E-state index >= 15 is 0 Å². The summed E-state index contributed by atoms with van der Waals surface area (Å²) in [4.78, 5) is 6.89. The van der Waals surface area contributed by atoms with Crippen molar-refractivity contribution in [3.63, 3.8) is 0 Å². The summed E-state index contributed by atoms with van der Waals surface area (Å²) in [6.45, 7) is 6.24. The number of aliphatic imine (C=N–C) groups is 1. The summed E-state index contributed by atoms with van der Waals surface area (Å²) in [5.41, 5.74) is 0.820. The highest BCUT2D eigenvalue weighted by Gasteiger charge is 2.29. The van der Waals surface area contributed by atoms with Crippen LogP contribution in [0.5, 0.6) is 11.5 Å². The van der Waals surface area contributed by atoms with E-state index in [0.717, 1.165) is 50.6 Å². The molecule has 172 valence electrons. The number of hydrogen-bond donors (Lipinski definition) is 1. The Bertz CT molecular complexity index is 666. The van der Waals surface area contributed by atoms with E-state index in [1.165, 1.54) is 13.2 Å². The van der Waals surface area contributed by atoms with E-state index < -0.39 is 12.8 Å². The molecule has 0 bridgehead atoms. The zero-order valence-electron chi connectivity index (χ0n) is 17.6. The highest BCUT2D eigenvalue weighted by molar-refractivity contribution is 14.0. The average Bonchev–Trinajstić information content (AvgIpc) is 2.70.